The highest BCUT2D eigenvalue weighted by atomic mass is 16.7. The Bertz CT molecular complexity index is 510. The number of carbonyl (C=O) groups is 1. The summed E-state index contributed by atoms with van der Waals surface area (Å²) < 4.78 is 10.6. The van der Waals surface area contributed by atoms with Crippen LogP contribution in [0.25, 0.3) is 0 Å². The van der Waals surface area contributed by atoms with Crippen LogP contribution in [-0.2, 0) is 11.3 Å². The fraction of sp³-hybridized carbons (Fsp3) is 0.400. The number of carbonyl (C=O) groups excluding carboxylic acids is 1. The Morgan fingerprint density at radius 2 is 2.16 bits per heavy atom. The molecule has 0 aromatic heterocycles. The minimum Gasteiger partial charge on any atom is -0.454 e. The largest absolute Gasteiger partial charge is 0.454 e. The first-order valence-corrected chi connectivity index (χ1v) is 6.64. The zero-order chi connectivity index (χ0) is 13.1. The molecule has 1 unspecified atom stereocenters. The number of allylic oxidation sites excluding steroid dienone is 2. The molecule has 1 aromatic carbocycles. The Kier molecular flexibility index (Phi) is 3.40. The minimum atomic E-state index is 0.124. The van der Waals surface area contributed by atoms with Gasteiger partial charge in [-0.15, -0.1) is 0 Å². The molecule has 0 saturated heterocycles. The predicted molar refractivity (Wildman–Crippen MR) is 70.9 cm³/mol. The van der Waals surface area contributed by atoms with Gasteiger partial charge in [0.1, 0.15) is 0 Å². The third-order valence-electron chi connectivity index (χ3n) is 3.54. The van der Waals surface area contributed by atoms with Gasteiger partial charge in [-0.2, -0.15) is 0 Å². The highest BCUT2D eigenvalue weighted by Gasteiger charge is 2.18. The van der Waals surface area contributed by atoms with E-state index in [1.165, 1.54) is 0 Å². The van der Waals surface area contributed by atoms with Crippen LogP contribution >= 0.6 is 0 Å². The molecule has 1 heterocycles. The van der Waals surface area contributed by atoms with Gasteiger partial charge in [-0.25, -0.2) is 0 Å². The molecular formula is C15H17NO3. The lowest BCUT2D eigenvalue weighted by molar-refractivity contribution is -0.125. The molecule has 1 aliphatic heterocycles. The molecule has 1 aliphatic carbocycles. The second-order valence-corrected chi connectivity index (χ2v) is 4.89. The van der Waals surface area contributed by atoms with E-state index in [0.717, 1.165) is 36.3 Å². The number of hydrogen-bond acceptors (Lipinski definition) is 3. The monoisotopic (exact) mass is 259 g/mol. The van der Waals surface area contributed by atoms with Crippen molar-refractivity contribution in [3.63, 3.8) is 0 Å². The van der Waals surface area contributed by atoms with Gasteiger partial charge < -0.3 is 14.8 Å². The summed E-state index contributed by atoms with van der Waals surface area (Å²) >= 11 is 0. The van der Waals surface area contributed by atoms with E-state index in [-0.39, 0.29) is 18.6 Å². The Morgan fingerprint density at radius 1 is 1.26 bits per heavy atom. The van der Waals surface area contributed by atoms with Gasteiger partial charge in [-0.3, -0.25) is 4.79 Å². The summed E-state index contributed by atoms with van der Waals surface area (Å²) in [5, 5.41) is 2.99. The molecule has 0 bridgehead atoms. The number of rotatable bonds is 3. The summed E-state index contributed by atoms with van der Waals surface area (Å²) in [5.41, 5.74) is 1.03. The fourth-order valence-electron chi connectivity index (χ4n) is 2.42. The highest BCUT2D eigenvalue weighted by Crippen LogP contribution is 2.32. The van der Waals surface area contributed by atoms with E-state index in [9.17, 15) is 4.79 Å². The van der Waals surface area contributed by atoms with Gasteiger partial charge in [0.15, 0.2) is 11.5 Å². The summed E-state index contributed by atoms with van der Waals surface area (Å²) in [6.07, 6.45) is 7.04. The summed E-state index contributed by atoms with van der Waals surface area (Å²) in [7, 11) is 0. The zero-order valence-electron chi connectivity index (χ0n) is 10.7. The molecule has 0 saturated carbocycles. The van der Waals surface area contributed by atoms with Crippen molar-refractivity contribution in [1.29, 1.82) is 0 Å². The fourth-order valence-corrected chi connectivity index (χ4v) is 2.42. The summed E-state index contributed by atoms with van der Waals surface area (Å²) in [5.74, 6) is 1.79. The molecule has 100 valence electrons. The Morgan fingerprint density at radius 3 is 3.00 bits per heavy atom. The lowest BCUT2D eigenvalue weighted by Crippen LogP contribution is -2.30. The van der Waals surface area contributed by atoms with Crippen LogP contribution in [0.1, 0.15) is 24.8 Å². The van der Waals surface area contributed by atoms with Crippen LogP contribution in [0.2, 0.25) is 0 Å². The number of ether oxygens (including phenoxy) is 2. The minimum absolute atomic E-state index is 0.124. The number of hydrogen-bond donors (Lipinski definition) is 1. The van der Waals surface area contributed by atoms with E-state index in [1.807, 2.05) is 18.2 Å². The molecule has 1 amide bonds. The molecule has 0 fully saturated rings. The van der Waals surface area contributed by atoms with Crippen molar-refractivity contribution in [3.05, 3.63) is 35.9 Å². The van der Waals surface area contributed by atoms with E-state index in [1.54, 1.807) is 0 Å². The van der Waals surface area contributed by atoms with Crippen molar-refractivity contribution < 1.29 is 14.3 Å². The van der Waals surface area contributed by atoms with Crippen molar-refractivity contribution in [1.82, 2.24) is 5.32 Å². The molecular weight excluding hydrogens is 242 g/mol. The SMILES string of the molecule is O=C(NCc1ccc2c(c1)OCO2)C1CC=CCC1. The van der Waals surface area contributed by atoms with Gasteiger partial charge in [0, 0.05) is 12.5 Å². The molecule has 4 nitrogen and oxygen atoms in total. The number of benzene rings is 1. The average Bonchev–Trinajstić information content (AvgIpc) is 2.93. The van der Waals surface area contributed by atoms with Crippen LogP contribution in [0, 0.1) is 5.92 Å². The van der Waals surface area contributed by atoms with Crippen LogP contribution in [0.15, 0.2) is 30.4 Å². The molecule has 2 aliphatic rings. The third kappa shape index (κ3) is 2.72. The molecule has 1 atom stereocenters. The quantitative estimate of drug-likeness (QED) is 0.848. The van der Waals surface area contributed by atoms with E-state index < -0.39 is 0 Å². The summed E-state index contributed by atoms with van der Waals surface area (Å²) in [6, 6.07) is 5.76. The Labute approximate surface area is 112 Å². The highest BCUT2D eigenvalue weighted by molar-refractivity contribution is 5.79. The van der Waals surface area contributed by atoms with Crippen molar-refractivity contribution in [2.75, 3.05) is 6.79 Å². The zero-order valence-corrected chi connectivity index (χ0v) is 10.7. The van der Waals surface area contributed by atoms with Gasteiger partial charge in [0.2, 0.25) is 12.7 Å². The van der Waals surface area contributed by atoms with E-state index >= 15 is 0 Å². The number of amides is 1. The molecule has 19 heavy (non-hydrogen) atoms. The van der Waals surface area contributed by atoms with Crippen LogP contribution in [0.4, 0.5) is 0 Å². The number of fused-ring (bicyclic) bond motifs is 1. The second kappa shape index (κ2) is 5.34. The first kappa shape index (κ1) is 12.1. The first-order chi connectivity index (χ1) is 9.33. The standard InChI is InChI=1S/C15H17NO3/c17-15(12-4-2-1-3-5-12)16-9-11-6-7-13-14(8-11)19-10-18-13/h1-2,6-8,12H,3-5,9-10H2,(H,16,17). The maximum Gasteiger partial charge on any atom is 0.231 e. The normalized spacial score (nSPS) is 20.3. The second-order valence-electron chi connectivity index (χ2n) is 4.89. The van der Waals surface area contributed by atoms with Gasteiger partial charge in [-0.1, -0.05) is 18.2 Å². The molecule has 1 aromatic rings. The van der Waals surface area contributed by atoms with E-state index in [0.29, 0.717) is 6.54 Å². The maximum absolute atomic E-state index is 12.0. The van der Waals surface area contributed by atoms with E-state index in [2.05, 4.69) is 17.5 Å². The average molecular weight is 259 g/mol. The van der Waals surface area contributed by atoms with Crippen molar-refractivity contribution in [2.24, 2.45) is 5.92 Å². The van der Waals surface area contributed by atoms with E-state index in [4.69, 9.17) is 9.47 Å². The third-order valence-corrected chi connectivity index (χ3v) is 3.54. The molecule has 1 N–H and O–H groups in total. The smallest absolute Gasteiger partial charge is 0.231 e. The van der Waals surface area contributed by atoms with Crippen LogP contribution in [0.3, 0.4) is 0 Å². The first-order valence-electron chi connectivity index (χ1n) is 6.64. The molecule has 3 rings (SSSR count). The Balaban J connectivity index is 1.57. The van der Waals surface area contributed by atoms with Crippen molar-refractivity contribution in [2.45, 2.75) is 25.8 Å². The molecule has 4 heteroatoms. The lowest BCUT2D eigenvalue weighted by atomic mass is 9.93. The molecule has 0 radical (unpaired) electrons. The van der Waals surface area contributed by atoms with Crippen LogP contribution in [0.5, 0.6) is 11.5 Å². The van der Waals surface area contributed by atoms with Crippen LogP contribution < -0.4 is 14.8 Å². The topological polar surface area (TPSA) is 47.6 Å². The van der Waals surface area contributed by atoms with Gasteiger partial charge in [0.05, 0.1) is 0 Å². The predicted octanol–water partition coefficient (Wildman–Crippen LogP) is 2.39. The maximum atomic E-state index is 12.0. The summed E-state index contributed by atoms with van der Waals surface area (Å²) in [4.78, 5) is 12.0. The van der Waals surface area contributed by atoms with Crippen molar-refractivity contribution >= 4 is 5.91 Å². The van der Waals surface area contributed by atoms with Gasteiger partial charge in [0.25, 0.3) is 0 Å². The number of nitrogens with one attached hydrogen (secondary N) is 1. The molecule has 0 spiro atoms. The lowest BCUT2D eigenvalue weighted by Gasteiger charge is -2.17. The van der Waals surface area contributed by atoms with Crippen LogP contribution in [-0.4, -0.2) is 12.7 Å². The van der Waals surface area contributed by atoms with Gasteiger partial charge >= 0.3 is 0 Å². The Hall–Kier alpha value is -1.97. The summed E-state index contributed by atoms with van der Waals surface area (Å²) in [6.45, 7) is 0.815. The van der Waals surface area contributed by atoms with Gasteiger partial charge in [-0.05, 0) is 37.0 Å². The van der Waals surface area contributed by atoms with Crippen molar-refractivity contribution in [3.8, 4) is 11.5 Å².